The number of hydrogen-bond acceptors (Lipinski definition) is 4. The molecule has 0 spiro atoms. The van der Waals surface area contributed by atoms with Gasteiger partial charge in [-0.2, -0.15) is 0 Å². The molecule has 0 aromatic heterocycles. The van der Waals surface area contributed by atoms with Crippen LogP contribution >= 0.6 is 0 Å². The van der Waals surface area contributed by atoms with E-state index in [0.717, 1.165) is 19.1 Å². The van der Waals surface area contributed by atoms with Gasteiger partial charge in [-0.3, -0.25) is 9.00 Å². The summed E-state index contributed by atoms with van der Waals surface area (Å²) in [5, 5.41) is -0.416. The maximum absolute atomic E-state index is 11.7. The summed E-state index contributed by atoms with van der Waals surface area (Å²) in [4.78, 5) is 11.4. The van der Waals surface area contributed by atoms with Gasteiger partial charge in [0.25, 0.3) is 0 Å². The van der Waals surface area contributed by atoms with Crippen LogP contribution < -0.4 is 0 Å². The van der Waals surface area contributed by atoms with E-state index < -0.39 is 25.9 Å². The molecule has 1 rings (SSSR count). The largest absolute Gasteiger partial charge is 0.298 e. The summed E-state index contributed by atoms with van der Waals surface area (Å²) in [5.74, 6) is 0.0339. The van der Waals surface area contributed by atoms with Crippen LogP contribution in [-0.4, -0.2) is 41.4 Å². The molecule has 1 fully saturated rings. The molecule has 2 atom stereocenters. The quantitative estimate of drug-likeness (QED) is 0.721. The predicted octanol–water partition coefficient (Wildman–Crippen LogP) is 0.291. The Kier molecular flexibility index (Phi) is 4.45. The van der Waals surface area contributed by atoms with E-state index in [1.807, 2.05) is 0 Å². The van der Waals surface area contributed by atoms with Gasteiger partial charge < -0.3 is 0 Å². The Morgan fingerprint density at radius 2 is 2.07 bits per heavy atom. The minimum atomic E-state index is -3.08. The summed E-state index contributed by atoms with van der Waals surface area (Å²) in [5.41, 5.74) is 0. The third-order valence-corrected chi connectivity index (χ3v) is 5.42. The van der Waals surface area contributed by atoms with Gasteiger partial charge in [-0.1, -0.05) is 6.42 Å². The second kappa shape index (κ2) is 5.21. The normalized spacial score (nSPS) is 25.1. The average molecular weight is 252 g/mol. The zero-order chi connectivity index (χ0) is 11.5. The zero-order valence-electron chi connectivity index (χ0n) is 8.77. The van der Waals surface area contributed by atoms with Crippen LogP contribution in [0, 0.1) is 0 Å². The fraction of sp³-hybridized carbons (Fsp3) is 0.889. The van der Waals surface area contributed by atoms with Crippen molar-refractivity contribution in [3.63, 3.8) is 0 Å². The van der Waals surface area contributed by atoms with Crippen LogP contribution in [0.25, 0.3) is 0 Å². The highest BCUT2D eigenvalue weighted by molar-refractivity contribution is 7.92. The van der Waals surface area contributed by atoms with Gasteiger partial charge in [0.15, 0.2) is 0 Å². The topological polar surface area (TPSA) is 68.3 Å². The van der Waals surface area contributed by atoms with Gasteiger partial charge in [-0.05, 0) is 12.8 Å². The molecule has 1 aliphatic carbocycles. The van der Waals surface area contributed by atoms with Crippen molar-refractivity contribution in [1.82, 2.24) is 0 Å². The van der Waals surface area contributed by atoms with Crippen LogP contribution in [0.1, 0.15) is 25.7 Å². The van der Waals surface area contributed by atoms with Crippen LogP contribution in [0.3, 0.4) is 0 Å². The van der Waals surface area contributed by atoms with E-state index in [2.05, 4.69) is 0 Å². The molecular formula is C9H16O4S2. The van der Waals surface area contributed by atoms with Gasteiger partial charge in [-0.15, -0.1) is 0 Å². The summed E-state index contributed by atoms with van der Waals surface area (Å²) in [6.45, 7) is 0. The van der Waals surface area contributed by atoms with Crippen molar-refractivity contribution in [3.05, 3.63) is 0 Å². The molecule has 0 aliphatic heterocycles. The molecule has 0 heterocycles. The molecule has 6 heteroatoms. The molecule has 88 valence electrons. The number of rotatable bonds is 4. The fourth-order valence-electron chi connectivity index (χ4n) is 1.60. The summed E-state index contributed by atoms with van der Waals surface area (Å²) >= 11 is 0. The maximum Gasteiger partial charge on any atom is 0.148 e. The van der Waals surface area contributed by atoms with Gasteiger partial charge >= 0.3 is 0 Å². The van der Waals surface area contributed by atoms with Crippen LogP contribution in [0.15, 0.2) is 0 Å². The van der Waals surface area contributed by atoms with Crippen molar-refractivity contribution in [2.45, 2.75) is 30.9 Å². The van der Waals surface area contributed by atoms with E-state index in [9.17, 15) is 17.4 Å². The molecule has 1 saturated carbocycles. The molecule has 4 nitrogen and oxygen atoms in total. The van der Waals surface area contributed by atoms with Crippen LogP contribution in [0.4, 0.5) is 0 Å². The number of carbonyl (C=O) groups excluding carboxylic acids is 1. The van der Waals surface area contributed by atoms with Crippen LogP contribution in [0.2, 0.25) is 0 Å². The SMILES string of the molecule is CS(=O)(=O)CCS(=O)C1CCCCC1=O. The summed E-state index contributed by atoms with van der Waals surface area (Å²) in [7, 11) is -4.39. The number of carbonyl (C=O) groups is 1. The number of ketones is 1. The monoisotopic (exact) mass is 252 g/mol. The Labute approximate surface area is 92.8 Å². The lowest BCUT2D eigenvalue weighted by Crippen LogP contribution is -2.32. The van der Waals surface area contributed by atoms with Gasteiger partial charge in [-0.25, -0.2) is 8.42 Å². The first kappa shape index (κ1) is 12.8. The molecular weight excluding hydrogens is 236 g/mol. The molecule has 0 aromatic rings. The van der Waals surface area contributed by atoms with Crippen molar-refractivity contribution < 1.29 is 17.4 Å². The van der Waals surface area contributed by atoms with Crippen molar-refractivity contribution >= 4 is 26.4 Å². The third kappa shape index (κ3) is 4.42. The lowest BCUT2D eigenvalue weighted by molar-refractivity contribution is -0.119. The van der Waals surface area contributed by atoms with Crippen LogP contribution in [0.5, 0.6) is 0 Å². The van der Waals surface area contributed by atoms with Crippen molar-refractivity contribution in [3.8, 4) is 0 Å². The Morgan fingerprint density at radius 1 is 1.40 bits per heavy atom. The van der Waals surface area contributed by atoms with Crippen LogP contribution in [-0.2, 0) is 25.4 Å². The molecule has 0 saturated heterocycles. The molecule has 2 unspecified atom stereocenters. The maximum atomic E-state index is 11.7. The van der Waals surface area contributed by atoms with Crippen molar-refractivity contribution in [2.24, 2.45) is 0 Å². The van der Waals surface area contributed by atoms with E-state index >= 15 is 0 Å². The number of hydrogen-bond donors (Lipinski definition) is 0. The molecule has 0 radical (unpaired) electrons. The molecule has 15 heavy (non-hydrogen) atoms. The van der Waals surface area contributed by atoms with E-state index in [-0.39, 0.29) is 17.3 Å². The Morgan fingerprint density at radius 3 is 2.60 bits per heavy atom. The lowest BCUT2D eigenvalue weighted by Gasteiger charge is -2.19. The van der Waals surface area contributed by atoms with Gasteiger partial charge in [0.1, 0.15) is 15.6 Å². The van der Waals surface area contributed by atoms with Crippen molar-refractivity contribution in [1.29, 1.82) is 0 Å². The molecule has 0 aromatic carbocycles. The summed E-state index contributed by atoms with van der Waals surface area (Å²) in [6.07, 6.45) is 4.05. The average Bonchev–Trinajstić information content (AvgIpc) is 2.14. The first-order chi connectivity index (χ1) is 6.90. The Hall–Kier alpha value is -0.230. The second-order valence-corrected chi connectivity index (χ2v) is 7.91. The first-order valence-corrected chi connectivity index (χ1v) is 8.42. The molecule has 0 N–H and O–H groups in total. The van der Waals surface area contributed by atoms with Gasteiger partial charge in [0.2, 0.25) is 0 Å². The van der Waals surface area contributed by atoms with E-state index in [1.54, 1.807) is 0 Å². The van der Waals surface area contributed by atoms with Gasteiger partial charge in [0, 0.05) is 29.2 Å². The number of sulfone groups is 1. The first-order valence-electron chi connectivity index (χ1n) is 4.98. The molecule has 0 amide bonds. The summed E-state index contributed by atoms with van der Waals surface area (Å²) < 4.78 is 33.4. The smallest absolute Gasteiger partial charge is 0.148 e. The van der Waals surface area contributed by atoms with E-state index in [4.69, 9.17) is 0 Å². The van der Waals surface area contributed by atoms with E-state index in [0.29, 0.717) is 12.8 Å². The Balaban J connectivity index is 2.49. The second-order valence-electron chi connectivity index (χ2n) is 3.92. The molecule has 1 aliphatic rings. The fourth-order valence-corrected chi connectivity index (χ4v) is 4.60. The number of Topliss-reactive ketones (excluding diaryl/α,β-unsaturated/α-hetero) is 1. The van der Waals surface area contributed by atoms with E-state index in [1.165, 1.54) is 0 Å². The minimum absolute atomic E-state index is 0.0353. The standard InChI is InChI=1S/C9H16O4S2/c1-15(12,13)7-6-14(11)9-5-3-2-4-8(9)10/h9H,2-7H2,1H3. The summed E-state index contributed by atoms with van der Waals surface area (Å²) in [6, 6.07) is 0. The third-order valence-electron chi connectivity index (χ3n) is 2.47. The highest BCUT2D eigenvalue weighted by atomic mass is 32.2. The zero-order valence-corrected chi connectivity index (χ0v) is 10.4. The predicted molar refractivity (Wildman–Crippen MR) is 60.0 cm³/mol. The highest BCUT2D eigenvalue weighted by Crippen LogP contribution is 2.19. The van der Waals surface area contributed by atoms with Crippen molar-refractivity contribution in [2.75, 3.05) is 17.8 Å². The highest BCUT2D eigenvalue weighted by Gasteiger charge is 2.27. The Bertz CT molecular complexity index is 358. The molecule has 0 bridgehead atoms. The van der Waals surface area contributed by atoms with Gasteiger partial charge in [0.05, 0.1) is 11.0 Å². The lowest BCUT2D eigenvalue weighted by atomic mass is 9.99. The minimum Gasteiger partial charge on any atom is -0.298 e.